The van der Waals surface area contributed by atoms with Crippen molar-refractivity contribution in [3.05, 3.63) is 95.9 Å². The molecule has 1 aromatic carbocycles. The molecule has 32 heavy (non-hydrogen) atoms. The molecule has 0 amide bonds. The van der Waals surface area contributed by atoms with Crippen LogP contribution in [0.15, 0.2) is 59.4 Å². The van der Waals surface area contributed by atoms with Gasteiger partial charge < -0.3 is 15.5 Å². The number of hydrogen-bond donors (Lipinski definition) is 1. The van der Waals surface area contributed by atoms with E-state index >= 15 is 0 Å². The molecule has 2 aromatic rings. The summed E-state index contributed by atoms with van der Waals surface area (Å²) in [5, 5.41) is 23.1. The lowest BCUT2D eigenvalue weighted by molar-refractivity contribution is -0.433. The van der Waals surface area contributed by atoms with E-state index < -0.39 is 10.8 Å². The van der Waals surface area contributed by atoms with Crippen LogP contribution in [0.3, 0.4) is 0 Å². The Morgan fingerprint density at radius 2 is 2.03 bits per heavy atom. The molecule has 0 aliphatic carbocycles. The van der Waals surface area contributed by atoms with Gasteiger partial charge in [-0.1, -0.05) is 46.9 Å². The third-order valence-electron chi connectivity index (χ3n) is 5.18. The second-order valence-electron chi connectivity index (χ2n) is 7.04. The fourth-order valence-electron chi connectivity index (χ4n) is 3.66. The molecule has 1 atom stereocenters. The molecule has 0 saturated heterocycles. The molecule has 1 aliphatic heterocycles. The van der Waals surface area contributed by atoms with E-state index in [2.05, 4.69) is 4.98 Å². The van der Waals surface area contributed by atoms with E-state index in [4.69, 9.17) is 40.5 Å². The molecule has 2 N–H and O–H groups in total. The van der Waals surface area contributed by atoms with Crippen molar-refractivity contribution in [1.29, 1.82) is 5.26 Å². The van der Waals surface area contributed by atoms with Crippen LogP contribution in [0.25, 0.3) is 0 Å². The van der Waals surface area contributed by atoms with Crippen molar-refractivity contribution in [3.63, 3.8) is 0 Å². The number of nitro groups is 1. The Morgan fingerprint density at radius 3 is 2.56 bits per heavy atom. The molecule has 0 fully saturated rings. The lowest BCUT2D eigenvalue weighted by Crippen LogP contribution is -2.42. The Bertz CT molecular complexity index is 1160. The van der Waals surface area contributed by atoms with Crippen LogP contribution in [0.4, 0.5) is 0 Å². The molecule has 0 bridgehead atoms. The summed E-state index contributed by atoms with van der Waals surface area (Å²) in [6.45, 7) is 2.61. The molecule has 2 heterocycles. The number of nitrogens with zero attached hydrogens (tertiary/aromatic N) is 5. The number of aromatic nitrogens is 1. The molecule has 0 saturated carbocycles. The lowest BCUT2D eigenvalue weighted by atomic mass is 9.86. The zero-order chi connectivity index (χ0) is 23.6. The maximum absolute atomic E-state index is 12.4. The highest BCUT2D eigenvalue weighted by molar-refractivity contribution is 6.35. The first-order valence-electron chi connectivity index (χ1n) is 9.51. The van der Waals surface area contributed by atoms with Gasteiger partial charge in [-0.05, 0) is 36.2 Å². The number of hydrogen-bond acceptors (Lipinski definition) is 7. The fraction of sp³-hybridized carbons (Fsp3) is 0.238. The fourth-order valence-corrected chi connectivity index (χ4v) is 4.29. The van der Waals surface area contributed by atoms with E-state index in [1.807, 2.05) is 13.0 Å². The molecule has 1 aliphatic rings. The molecule has 8 nitrogen and oxygen atoms in total. The summed E-state index contributed by atoms with van der Waals surface area (Å²) in [4.78, 5) is 19.2. The third kappa shape index (κ3) is 4.46. The number of rotatable bonds is 6. The van der Waals surface area contributed by atoms with Crippen molar-refractivity contribution >= 4 is 34.8 Å². The zero-order valence-electron chi connectivity index (χ0n) is 17.2. The second-order valence-corrected chi connectivity index (χ2v) is 8.27. The van der Waals surface area contributed by atoms with Gasteiger partial charge in [0.2, 0.25) is 0 Å². The quantitative estimate of drug-likeness (QED) is 0.351. The van der Waals surface area contributed by atoms with E-state index in [1.165, 1.54) is 11.0 Å². The molecular formula is C21H19Cl3N6O2. The SMILES string of the molecule is CCN(Cc1ccc(Cl)nc1)C1=C([N+](=O)[O-])C(c2ccc(Cl)cc2Cl)C(C#N)=C(N)N1C. The second kappa shape index (κ2) is 9.65. The van der Waals surface area contributed by atoms with Crippen LogP contribution in [-0.2, 0) is 6.54 Å². The minimum absolute atomic E-state index is 0.0383. The van der Waals surface area contributed by atoms with Crippen LogP contribution in [-0.4, -0.2) is 33.3 Å². The van der Waals surface area contributed by atoms with Crippen LogP contribution < -0.4 is 5.73 Å². The minimum atomic E-state index is -1.07. The van der Waals surface area contributed by atoms with Gasteiger partial charge in [-0.25, -0.2) is 4.98 Å². The molecule has 1 unspecified atom stereocenters. The Morgan fingerprint density at radius 1 is 1.31 bits per heavy atom. The van der Waals surface area contributed by atoms with Gasteiger partial charge in [-0.3, -0.25) is 10.1 Å². The predicted octanol–water partition coefficient (Wildman–Crippen LogP) is 4.73. The average Bonchev–Trinajstić information content (AvgIpc) is 2.75. The number of allylic oxidation sites excluding steroid dienone is 1. The van der Waals surface area contributed by atoms with Crippen molar-refractivity contribution in [1.82, 2.24) is 14.8 Å². The molecule has 3 rings (SSSR count). The minimum Gasteiger partial charge on any atom is -0.384 e. The van der Waals surface area contributed by atoms with Crippen LogP contribution in [0.1, 0.15) is 24.0 Å². The number of nitriles is 1. The Labute approximate surface area is 200 Å². The van der Waals surface area contributed by atoms with Crippen molar-refractivity contribution in [2.75, 3.05) is 13.6 Å². The van der Waals surface area contributed by atoms with Crippen LogP contribution in [0.5, 0.6) is 0 Å². The van der Waals surface area contributed by atoms with Gasteiger partial charge in [0.1, 0.15) is 16.9 Å². The van der Waals surface area contributed by atoms with Gasteiger partial charge >= 0.3 is 0 Å². The van der Waals surface area contributed by atoms with Crippen molar-refractivity contribution < 1.29 is 4.92 Å². The summed E-state index contributed by atoms with van der Waals surface area (Å²) in [5.74, 6) is -0.694. The van der Waals surface area contributed by atoms with Crippen molar-refractivity contribution in [2.24, 2.45) is 5.73 Å². The molecular weight excluding hydrogens is 475 g/mol. The summed E-state index contributed by atoms with van der Waals surface area (Å²) in [5.41, 5.74) is 7.31. The monoisotopic (exact) mass is 492 g/mol. The van der Waals surface area contributed by atoms with Gasteiger partial charge in [-0.2, -0.15) is 5.26 Å². The number of benzene rings is 1. The maximum atomic E-state index is 12.4. The van der Waals surface area contributed by atoms with E-state index in [-0.39, 0.29) is 27.9 Å². The largest absolute Gasteiger partial charge is 0.384 e. The van der Waals surface area contributed by atoms with Crippen molar-refractivity contribution in [2.45, 2.75) is 19.4 Å². The first-order chi connectivity index (χ1) is 15.2. The summed E-state index contributed by atoms with van der Waals surface area (Å²) in [6.07, 6.45) is 1.60. The van der Waals surface area contributed by atoms with Crippen molar-refractivity contribution in [3.8, 4) is 6.07 Å². The predicted molar refractivity (Wildman–Crippen MR) is 123 cm³/mol. The standard InChI is InChI=1S/C21H19Cl3N6O2/c1-3-29(11-12-4-7-17(24)27-10-12)21-19(30(31)32)18(15(9-25)20(26)28(21)2)14-6-5-13(22)8-16(14)23/h4-8,10,18H,3,11,26H2,1-2H3. The molecule has 0 spiro atoms. The summed E-state index contributed by atoms with van der Waals surface area (Å²) >= 11 is 18.3. The highest BCUT2D eigenvalue weighted by Gasteiger charge is 2.44. The average molecular weight is 494 g/mol. The molecule has 1 aromatic heterocycles. The molecule has 166 valence electrons. The van der Waals surface area contributed by atoms with Gasteiger partial charge in [-0.15, -0.1) is 0 Å². The van der Waals surface area contributed by atoms with Gasteiger partial charge in [0.25, 0.3) is 5.70 Å². The molecule has 11 heteroatoms. The summed E-state index contributed by atoms with van der Waals surface area (Å²) < 4.78 is 0. The van der Waals surface area contributed by atoms with Gasteiger partial charge in [0.05, 0.1) is 16.6 Å². The van der Waals surface area contributed by atoms with Crippen LogP contribution >= 0.6 is 34.8 Å². The zero-order valence-corrected chi connectivity index (χ0v) is 19.5. The van der Waals surface area contributed by atoms with Crippen LogP contribution in [0, 0.1) is 21.4 Å². The normalized spacial score (nSPS) is 16.2. The van der Waals surface area contributed by atoms with E-state index in [0.29, 0.717) is 28.8 Å². The maximum Gasteiger partial charge on any atom is 0.299 e. The Hall–Kier alpha value is -2.99. The summed E-state index contributed by atoms with van der Waals surface area (Å²) in [6, 6.07) is 10.1. The molecule has 0 radical (unpaired) electrons. The first-order valence-corrected chi connectivity index (χ1v) is 10.6. The van der Waals surface area contributed by atoms with E-state index in [0.717, 1.165) is 5.56 Å². The lowest BCUT2D eigenvalue weighted by Gasteiger charge is -2.37. The smallest absolute Gasteiger partial charge is 0.299 e. The van der Waals surface area contributed by atoms with Gasteiger partial charge in [0, 0.05) is 36.4 Å². The van der Waals surface area contributed by atoms with Crippen LogP contribution in [0.2, 0.25) is 15.2 Å². The third-order valence-corrected chi connectivity index (χ3v) is 5.97. The highest BCUT2D eigenvalue weighted by atomic mass is 35.5. The highest BCUT2D eigenvalue weighted by Crippen LogP contribution is 2.43. The topological polar surface area (TPSA) is 112 Å². The number of pyridine rings is 1. The number of nitrogens with two attached hydrogens (primary N) is 1. The van der Waals surface area contributed by atoms with Gasteiger partial charge in [0.15, 0.2) is 5.82 Å². The number of halogens is 3. The Kier molecular flexibility index (Phi) is 7.14. The van der Waals surface area contributed by atoms with E-state index in [9.17, 15) is 15.4 Å². The van der Waals surface area contributed by atoms with E-state index in [1.54, 1.807) is 42.4 Å². The Balaban J connectivity index is 2.23. The first kappa shape index (κ1) is 23.7. The summed E-state index contributed by atoms with van der Waals surface area (Å²) in [7, 11) is 1.59.